The number of aromatic nitrogens is 1. The second-order valence-electron chi connectivity index (χ2n) is 7.71. The van der Waals surface area contributed by atoms with Gasteiger partial charge in [0.2, 0.25) is 5.91 Å². The fourth-order valence-corrected chi connectivity index (χ4v) is 6.03. The summed E-state index contributed by atoms with van der Waals surface area (Å²) in [6.45, 7) is 9.16. The summed E-state index contributed by atoms with van der Waals surface area (Å²) in [6.07, 6.45) is 0.743. The van der Waals surface area contributed by atoms with Crippen molar-refractivity contribution < 1.29 is 13.2 Å². The number of rotatable bonds is 11. The predicted molar refractivity (Wildman–Crippen MR) is 145 cm³/mol. The normalized spacial score (nSPS) is 11.6. The summed E-state index contributed by atoms with van der Waals surface area (Å²) in [5, 5.41) is 1.09. The third-order valence-corrected chi connectivity index (χ3v) is 8.72. The number of amides is 1. The standard InChI is InChI=1S/C24H30ClN3O3S2.ClH/c1-4-18-8-7-9-21-23(18)26-24(32-21)28(16-15-27(5-2)6-3)22(29)14-17-33(30,31)20-12-10-19(25)11-13-20;/h7-13H,4-6,14-17H2,1-3H3;1H. The van der Waals surface area contributed by atoms with Gasteiger partial charge in [-0.1, -0.05) is 55.8 Å². The number of aryl methyl sites for hydroxylation is 1. The number of carbonyl (C=O) groups excluding carboxylic acids is 1. The van der Waals surface area contributed by atoms with Crippen molar-refractivity contribution in [3.63, 3.8) is 0 Å². The Morgan fingerprint density at radius 1 is 1.03 bits per heavy atom. The first-order valence-corrected chi connectivity index (χ1v) is 14.0. The summed E-state index contributed by atoms with van der Waals surface area (Å²) in [6, 6.07) is 12.1. The number of hydrogen-bond acceptors (Lipinski definition) is 6. The van der Waals surface area contributed by atoms with Crippen LogP contribution in [0.25, 0.3) is 10.2 Å². The van der Waals surface area contributed by atoms with Crippen molar-refractivity contribution in [1.82, 2.24) is 9.88 Å². The summed E-state index contributed by atoms with van der Waals surface area (Å²) in [5.41, 5.74) is 2.05. The van der Waals surface area contributed by atoms with E-state index in [0.717, 1.165) is 35.3 Å². The van der Waals surface area contributed by atoms with Crippen LogP contribution in [0.3, 0.4) is 0 Å². The zero-order chi connectivity index (χ0) is 24.0. The maximum Gasteiger partial charge on any atom is 0.229 e. The minimum atomic E-state index is -3.60. The van der Waals surface area contributed by atoms with E-state index in [2.05, 4.69) is 25.7 Å². The number of thiazole rings is 1. The highest BCUT2D eigenvalue weighted by Crippen LogP contribution is 2.31. The molecule has 34 heavy (non-hydrogen) atoms. The van der Waals surface area contributed by atoms with E-state index in [0.29, 0.717) is 23.2 Å². The summed E-state index contributed by atoms with van der Waals surface area (Å²) in [4.78, 5) is 22.1. The van der Waals surface area contributed by atoms with Crippen LogP contribution >= 0.6 is 35.3 Å². The lowest BCUT2D eigenvalue weighted by Crippen LogP contribution is -2.39. The molecule has 186 valence electrons. The van der Waals surface area contributed by atoms with Gasteiger partial charge in [0.05, 0.1) is 20.9 Å². The highest BCUT2D eigenvalue weighted by Gasteiger charge is 2.24. The van der Waals surface area contributed by atoms with Gasteiger partial charge in [-0.15, -0.1) is 12.4 Å². The fourth-order valence-electron chi connectivity index (χ4n) is 3.62. The monoisotopic (exact) mass is 543 g/mol. The lowest BCUT2D eigenvalue weighted by molar-refractivity contribution is -0.118. The van der Waals surface area contributed by atoms with E-state index in [1.165, 1.54) is 23.5 Å². The molecule has 0 aliphatic heterocycles. The minimum absolute atomic E-state index is 0. The van der Waals surface area contributed by atoms with Crippen LogP contribution in [0.15, 0.2) is 47.4 Å². The number of hydrogen-bond donors (Lipinski definition) is 0. The van der Waals surface area contributed by atoms with E-state index in [-0.39, 0.29) is 35.4 Å². The summed E-state index contributed by atoms with van der Waals surface area (Å²) in [7, 11) is -3.60. The highest BCUT2D eigenvalue weighted by atomic mass is 35.5. The van der Waals surface area contributed by atoms with Crippen LogP contribution in [0.1, 0.15) is 32.8 Å². The number of sulfone groups is 1. The Kier molecular flexibility index (Phi) is 10.8. The Balaban J connectivity index is 0.00000408. The van der Waals surface area contributed by atoms with Crippen LogP contribution in [0.4, 0.5) is 5.13 Å². The van der Waals surface area contributed by atoms with Crippen LogP contribution in [-0.4, -0.2) is 56.1 Å². The third-order valence-electron chi connectivity index (χ3n) is 5.70. The van der Waals surface area contributed by atoms with Gasteiger partial charge >= 0.3 is 0 Å². The number of halogens is 2. The largest absolute Gasteiger partial charge is 0.302 e. The van der Waals surface area contributed by atoms with Gasteiger partial charge in [-0.2, -0.15) is 0 Å². The molecule has 3 aromatic rings. The number of fused-ring (bicyclic) bond motifs is 1. The second-order valence-corrected chi connectivity index (χ2v) is 11.3. The fraction of sp³-hybridized carbons (Fsp3) is 0.417. The van der Waals surface area contributed by atoms with Gasteiger partial charge in [-0.25, -0.2) is 13.4 Å². The first-order chi connectivity index (χ1) is 15.8. The topological polar surface area (TPSA) is 70.6 Å². The van der Waals surface area contributed by atoms with Crippen molar-refractivity contribution in [3.8, 4) is 0 Å². The van der Waals surface area contributed by atoms with Gasteiger partial charge in [0, 0.05) is 24.5 Å². The molecule has 2 aromatic carbocycles. The Morgan fingerprint density at radius 3 is 2.32 bits per heavy atom. The Morgan fingerprint density at radius 2 is 1.71 bits per heavy atom. The minimum Gasteiger partial charge on any atom is -0.302 e. The molecule has 0 radical (unpaired) electrons. The van der Waals surface area contributed by atoms with Crippen LogP contribution in [0.5, 0.6) is 0 Å². The van der Waals surface area contributed by atoms with Gasteiger partial charge in [0.1, 0.15) is 0 Å². The summed E-state index contributed by atoms with van der Waals surface area (Å²) >= 11 is 7.35. The van der Waals surface area contributed by atoms with Crippen molar-refractivity contribution in [2.75, 3.05) is 36.8 Å². The van der Waals surface area contributed by atoms with E-state index < -0.39 is 9.84 Å². The summed E-state index contributed by atoms with van der Waals surface area (Å²) in [5.74, 6) is -0.503. The number of anilines is 1. The number of nitrogens with zero attached hydrogens (tertiary/aromatic N) is 3. The maximum absolute atomic E-state index is 13.3. The van der Waals surface area contributed by atoms with Crippen LogP contribution < -0.4 is 4.90 Å². The molecule has 6 nitrogen and oxygen atoms in total. The zero-order valence-electron chi connectivity index (χ0n) is 19.7. The van der Waals surface area contributed by atoms with Crippen molar-refractivity contribution in [2.45, 2.75) is 38.5 Å². The zero-order valence-corrected chi connectivity index (χ0v) is 22.9. The number of carbonyl (C=O) groups is 1. The molecule has 0 aliphatic rings. The molecule has 1 heterocycles. The lowest BCUT2D eigenvalue weighted by Gasteiger charge is -2.24. The molecule has 0 saturated heterocycles. The Bertz CT molecular complexity index is 1190. The van der Waals surface area contributed by atoms with E-state index >= 15 is 0 Å². The Hall–Kier alpha value is -1.71. The molecule has 1 aromatic heterocycles. The molecule has 1 amide bonds. The molecule has 0 bridgehead atoms. The van der Waals surface area contributed by atoms with E-state index in [1.54, 1.807) is 17.0 Å². The first kappa shape index (κ1) is 28.5. The van der Waals surface area contributed by atoms with Gasteiger partial charge < -0.3 is 4.90 Å². The molecular formula is C24H31Cl2N3O3S2. The molecular weight excluding hydrogens is 513 g/mol. The first-order valence-electron chi connectivity index (χ1n) is 11.2. The SMILES string of the molecule is CCc1cccc2sc(N(CCN(CC)CC)C(=O)CCS(=O)(=O)c3ccc(Cl)cc3)nc12.Cl. The number of para-hydroxylation sites is 1. The average Bonchev–Trinajstić information content (AvgIpc) is 3.24. The lowest BCUT2D eigenvalue weighted by atomic mass is 10.1. The van der Waals surface area contributed by atoms with E-state index in [1.807, 2.05) is 18.2 Å². The summed E-state index contributed by atoms with van der Waals surface area (Å²) < 4.78 is 26.5. The molecule has 0 fully saturated rings. The Labute approximate surface area is 217 Å². The molecule has 0 unspecified atom stereocenters. The van der Waals surface area contributed by atoms with Crippen LogP contribution in [-0.2, 0) is 21.1 Å². The molecule has 0 saturated carbocycles. The van der Waals surface area contributed by atoms with Gasteiger partial charge in [-0.05, 0) is 55.4 Å². The molecule has 10 heteroatoms. The van der Waals surface area contributed by atoms with Crippen LogP contribution in [0, 0.1) is 0 Å². The maximum atomic E-state index is 13.3. The van der Waals surface area contributed by atoms with Crippen molar-refractivity contribution in [2.24, 2.45) is 0 Å². The third kappa shape index (κ3) is 6.92. The smallest absolute Gasteiger partial charge is 0.229 e. The number of likely N-dealkylation sites (N-methyl/N-ethyl adjacent to an activating group) is 1. The van der Waals surface area contributed by atoms with Gasteiger partial charge in [0.15, 0.2) is 15.0 Å². The molecule has 3 rings (SSSR count). The molecule has 0 atom stereocenters. The highest BCUT2D eigenvalue weighted by molar-refractivity contribution is 7.91. The van der Waals surface area contributed by atoms with Gasteiger partial charge in [-0.3, -0.25) is 9.69 Å². The van der Waals surface area contributed by atoms with Crippen molar-refractivity contribution >= 4 is 66.4 Å². The molecule has 0 spiro atoms. The van der Waals surface area contributed by atoms with Crippen molar-refractivity contribution in [3.05, 3.63) is 53.1 Å². The molecule has 0 N–H and O–H groups in total. The van der Waals surface area contributed by atoms with E-state index in [9.17, 15) is 13.2 Å². The van der Waals surface area contributed by atoms with E-state index in [4.69, 9.17) is 16.6 Å². The average molecular weight is 545 g/mol. The van der Waals surface area contributed by atoms with Crippen LogP contribution in [0.2, 0.25) is 5.02 Å². The quantitative estimate of drug-likeness (QED) is 0.320. The van der Waals surface area contributed by atoms with Gasteiger partial charge in [0.25, 0.3) is 0 Å². The molecule has 0 aliphatic carbocycles. The second kappa shape index (κ2) is 12.8. The van der Waals surface area contributed by atoms with Crippen molar-refractivity contribution in [1.29, 1.82) is 0 Å². The predicted octanol–water partition coefficient (Wildman–Crippen LogP) is 5.47. The number of benzene rings is 2.